The highest BCUT2D eigenvalue weighted by atomic mass is 79.9. The van der Waals surface area contributed by atoms with Gasteiger partial charge < -0.3 is 0 Å². The molecule has 56 valence electrons. The van der Waals surface area contributed by atoms with Gasteiger partial charge in [-0.3, -0.25) is 0 Å². The van der Waals surface area contributed by atoms with Crippen molar-refractivity contribution in [2.75, 3.05) is 0 Å². The van der Waals surface area contributed by atoms with Gasteiger partial charge in [0.15, 0.2) is 11.6 Å². The summed E-state index contributed by atoms with van der Waals surface area (Å²) in [6.07, 6.45) is 0. The lowest BCUT2D eigenvalue weighted by Crippen LogP contribution is -1.83. The third kappa shape index (κ3) is 1.38. The standard InChI is InChI=1S/C7H2BrF2N/c1-11-5-3-2-4(9)7(10)6(5)8/h2-3H. The largest absolute Gasteiger partial charge is 0.237 e. The zero-order valence-corrected chi connectivity index (χ0v) is 6.82. The molecule has 11 heavy (non-hydrogen) atoms. The van der Waals surface area contributed by atoms with Crippen LogP contribution in [0.25, 0.3) is 4.85 Å². The van der Waals surface area contributed by atoms with E-state index in [1.54, 1.807) is 0 Å². The molecule has 0 spiro atoms. The minimum atomic E-state index is -1.02. The SMILES string of the molecule is [C-]#[N+]c1ccc(F)c(F)c1Br. The lowest BCUT2D eigenvalue weighted by Gasteiger charge is -1.96. The Morgan fingerprint density at radius 3 is 2.55 bits per heavy atom. The molecule has 1 aromatic carbocycles. The van der Waals surface area contributed by atoms with Crippen LogP contribution in [0.2, 0.25) is 0 Å². The molecule has 0 atom stereocenters. The van der Waals surface area contributed by atoms with Crippen LogP contribution in [0, 0.1) is 18.2 Å². The van der Waals surface area contributed by atoms with Crippen LogP contribution >= 0.6 is 15.9 Å². The van der Waals surface area contributed by atoms with Gasteiger partial charge in [-0.05, 0) is 6.07 Å². The number of rotatable bonds is 0. The van der Waals surface area contributed by atoms with Crippen molar-refractivity contribution in [2.24, 2.45) is 0 Å². The van der Waals surface area contributed by atoms with E-state index in [0.717, 1.165) is 6.07 Å². The van der Waals surface area contributed by atoms with E-state index in [4.69, 9.17) is 6.57 Å². The van der Waals surface area contributed by atoms with Crippen LogP contribution in [0.15, 0.2) is 16.6 Å². The third-order valence-corrected chi connectivity index (χ3v) is 1.89. The fraction of sp³-hybridized carbons (Fsp3) is 0. The summed E-state index contributed by atoms with van der Waals surface area (Å²) >= 11 is 2.76. The number of hydrogen-bond acceptors (Lipinski definition) is 0. The van der Waals surface area contributed by atoms with Gasteiger partial charge in [-0.1, -0.05) is 22.0 Å². The van der Waals surface area contributed by atoms with Crippen molar-refractivity contribution in [3.8, 4) is 0 Å². The number of nitrogens with zero attached hydrogens (tertiary/aromatic N) is 1. The number of halogens is 3. The molecule has 0 saturated heterocycles. The second kappa shape index (κ2) is 2.97. The molecule has 0 bridgehead atoms. The maximum absolute atomic E-state index is 12.6. The average Bonchev–Trinajstić information content (AvgIpc) is 2.01. The molecule has 0 heterocycles. The Balaban J connectivity index is 3.40. The van der Waals surface area contributed by atoms with E-state index in [9.17, 15) is 8.78 Å². The highest BCUT2D eigenvalue weighted by Gasteiger charge is 2.09. The smallest absolute Gasteiger partial charge is 0.204 e. The Hall–Kier alpha value is -0.950. The van der Waals surface area contributed by atoms with Crippen molar-refractivity contribution < 1.29 is 8.78 Å². The molecule has 0 aliphatic heterocycles. The van der Waals surface area contributed by atoms with E-state index in [2.05, 4.69) is 20.8 Å². The summed E-state index contributed by atoms with van der Waals surface area (Å²) < 4.78 is 24.9. The minimum absolute atomic E-state index is 0.0731. The first-order chi connectivity index (χ1) is 5.16. The second-order valence-corrected chi connectivity index (χ2v) is 2.60. The quantitative estimate of drug-likeness (QED) is 0.464. The molecule has 0 N–H and O–H groups in total. The highest BCUT2D eigenvalue weighted by molar-refractivity contribution is 9.10. The van der Waals surface area contributed by atoms with Gasteiger partial charge >= 0.3 is 0 Å². The van der Waals surface area contributed by atoms with Gasteiger partial charge in [0.25, 0.3) is 0 Å². The first kappa shape index (κ1) is 8.15. The average molecular weight is 218 g/mol. The Morgan fingerprint density at radius 2 is 2.00 bits per heavy atom. The third-order valence-electron chi connectivity index (χ3n) is 1.14. The van der Waals surface area contributed by atoms with E-state index in [-0.39, 0.29) is 10.2 Å². The monoisotopic (exact) mass is 217 g/mol. The van der Waals surface area contributed by atoms with E-state index in [1.807, 2.05) is 0 Å². The van der Waals surface area contributed by atoms with E-state index >= 15 is 0 Å². The van der Waals surface area contributed by atoms with Gasteiger partial charge in [0.2, 0.25) is 5.69 Å². The summed E-state index contributed by atoms with van der Waals surface area (Å²) in [4.78, 5) is 2.97. The molecule has 1 nitrogen and oxygen atoms in total. The van der Waals surface area contributed by atoms with E-state index in [0.29, 0.717) is 0 Å². The molecule has 0 fully saturated rings. The van der Waals surface area contributed by atoms with Crippen LogP contribution in [0.5, 0.6) is 0 Å². The fourth-order valence-electron chi connectivity index (χ4n) is 0.602. The van der Waals surface area contributed by atoms with Crippen molar-refractivity contribution >= 4 is 21.6 Å². The van der Waals surface area contributed by atoms with Crippen LogP contribution in [0.4, 0.5) is 14.5 Å². The van der Waals surface area contributed by atoms with E-state index < -0.39 is 11.6 Å². The summed E-state index contributed by atoms with van der Waals surface area (Å²) in [6, 6.07) is 2.14. The van der Waals surface area contributed by atoms with Crippen molar-refractivity contribution in [2.45, 2.75) is 0 Å². The molecular formula is C7H2BrF2N. The summed E-state index contributed by atoms with van der Waals surface area (Å²) in [5.41, 5.74) is 0.0731. The maximum atomic E-state index is 12.6. The van der Waals surface area contributed by atoms with Crippen molar-refractivity contribution in [3.05, 3.63) is 39.7 Å². The van der Waals surface area contributed by atoms with Gasteiger partial charge in [-0.15, -0.1) is 0 Å². The van der Waals surface area contributed by atoms with Crippen LogP contribution in [0.1, 0.15) is 0 Å². The minimum Gasteiger partial charge on any atom is -0.237 e. The Bertz CT molecular complexity index is 330. The zero-order chi connectivity index (χ0) is 8.43. The summed E-state index contributed by atoms with van der Waals surface area (Å²) in [7, 11) is 0. The predicted molar refractivity (Wildman–Crippen MR) is 40.3 cm³/mol. The molecule has 0 aliphatic rings. The lowest BCUT2D eigenvalue weighted by atomic mass is 10.3. The van der Waals surface area contributed by atoms with Crippen LogP contribution in [-0.2, 0) is 0 Å². The van der Waals surface area contributed by atoms with Gasteiger partial charge in [0.05, 0.1) is 11.0 Å². The Kier molecular flexibility index (Phi) is 2.20. The maximum Gasteiger partial charge on any atom is 0.204 e. The van der Waals surface area contributed by atoms with Gasteiger partial charge in [-0.2, -0.15) is 0 Å². The molecular weight excluding hydrogens is 216 g/mol. The topological polar surface area (TPSA) is 4.36 Å². The van der Waals surface area contributed by atoms with Crippen LogP contribution in [0.3, 0.4) is 0 Å². The molecule has 4 heteroatoms. The zero-order valence-electron chi connectivity index (χ0n) is 5.24. The van der Waals surface area contributed by atoms with Crippen molar-refractivity contribution in [1.29, 1.82) is 0 Å². The molecule has 0 aliphatic carbocycles. The molecule has 0 saturated carbocycles. The van der Waals surface area contributed by atoms with Crippen LogP contribution in [-0.4, -0.2) is 0 Å². The summed E-state index contributed by atoms with van der Waals surface area (Å²) in [5, 5.41) is 0. The number of benzene rings is 1. The molecule has 0 amide bonds. The Labute approximate surface area is 70.6 Å². The molecule has 0 radical (unpaired) electrons. The predicted octanol–water partition coefficient (Wildman–Crippen LogP) is 3.28. The van der Waals surface area contributed by atoms with Crippen LogP contribution < -0.4 is 0 Å². The second-order valence-electron chi connectivity index (χ2n) is 1.81. The molecule has 1 rings (SSSR count). The highest BCUT2D eigenvalue weighted by Crippen LogP contribution is 2.29. The normalized spacial score (nSPS) is 9.27. The molecule has 1 aromatic rings. The summed E-state index contributed by atoms with van der Waals surface area (Å²) in [5.74, 6) is -1.97. The number of hydrogen-bond donors (Lipinski definition) is 0. The van der Waals surface area contributed by atoms with Gasteiger partial charge in [0, 0.05) is 0 Å². The lowest BCUT2D eigenvalue weighted by molar-refractivity contribution is 0.505. The van der Waals surface area contributed by atoms with Crippen molar-refractivity contribution in [1.82, 2.24) is 0 Å². The molecule has 0 unspecified atom stereocenters. The summed E-state index contributed by atoms with van der Waals surface area (Å²) in [6.45, 7) is 6.56. The van der Waals surface area contributed by atoms with Gasteiger partial charge in [0.1, 0.15) is 0 Å². The fourth-order valence-corrected chi connectivity index (χ4v) is 1.01. The first-order valence-corrected chi connectivity index (χ1v) is 3.47. The first-order valence-electron chi connectivity index (χ1n) is 2.67. The van der Waals surface area contributed by atoms with Crippen molar-refractivity contribution in [3.63, 3.8) is 0 Å². The Morgan fingerprint density at radius 1 is 1.36 bits per heavy atom. The molecule has 0 aromatic heterocycles. The van der Waals surface area contributed by atoms with Gasteiger partial charge in [-0.25, -0.2) is 13.6 Å². The van der Waals surface area contributed by atoms with E-state index in [1.165, 1.54) is 6.07 Å².